The normalized spacial score (nSPS) is 10.7. The standard InChI is InChI=1S/C13H10BrIN4O3/c1-22-13-10(14)4-8(5-11(13)15)6-17-18-12-3-2-9(7-16-12)19(20)21/h2-7H,1H3,(H,16,18)/b17-6+. The molecule has 0 aliphatic heterocycles. The number of methoxy groups -OCH3 is 1. The lowest BCUT2D eigenvalue weighted by atomic mass is 10.2. The second kappa shape index (κ2) is 7.49. The minimum atomic E-state index is -0.503. The van der Waals surface area contributed by atoms with Crippen molar-refractivity contribution in [3.63, 3.8) is 0 Å². The van der Waals surface area contributed by atoms with E-state index in [1.807, 2.05) is 12.1 Å². The van der Waals surface area contributed by atoms with Gasteiger partial charge in [-0.25, -0.2) is 4.98 Å². The number of nitrogens with one attached hydrogen (secondary N) is 1. The van der Waals surface area contributed by atoms with Crippen molar-refractivity contribution in [3.05, 3.63) is 54.2 Å². The third kappa shape index (κ3) is 4.13. The highest BCUT2D eigenvalue weighted by Gasteiger charge is 2.07. The molecule has 2 aromatic rings. The van der Waals surface area contributed by atoms with Crippen molar-refractivity contribution in [3.8, 4) is 5.75 Å². The van der Waals surface area contributed by atoms with E-state index in [4.69, 9.17) is 4.74 Å². The minimum Gasteiger partial charge on any atom is -0.494 e. The Morgan fingerprint density at radius 2 is 2.27 bits per heavy atom. The van der Waals surface area contributed by atoms with Crippen LogP contribution in [0.4, 0.5) is 11.5 Å². The number of hydrazone groups is 1. The van der Waals surface area contributed by atoms with Crippen LogP contribution in [-0.4, -0.2) is 23.2 Å². The SMILES string of the molecule is COc1c(Br)cc(/C=N/Nc2ccc([N+](=O)[O-])cn2)cc1I. The molecule has 1 N–H and O–H groups in total. The van der Waals surface area contributed by atoms with Gasteiger partial charge >= 0.3 is 0 Å². The van der Waals surface area contributed by atoms with Gasteiger partial charge in [0.1, 0.15) is 17.8 Å². The van der Waals surface area contributed by atoms with E-state index in [-0.39, 0.29) is 5.69 Å². The number of rotatable bonds is 5. The molecule has 0 spiro atoms. The van der Waals surface area contributed by atoms with Crippen LogP contribution in [0.1, 0.15) is 5.56 Å². The molecule has 1 heterocycles. The number of nitrogens with zero attached hydrogens (tertiary/aromatic N) is 3. The Kier molecular flexibility index (Phi) is 5.66. The fraction of sp³-hybridized carbons (Fsp3) is 0.0769. The van der Waals surface area contributed by atoms with Crippen LogP contribution in [0.15, 0.2) is 40.0 Å². The van der Waals surface area contributed by atoms with Crippen molar-refractivity contribution >= 4 is 56.2 Å². The average Bonchev–Trinajstić information content (AvgIpc) is 2.47. The zero-order valence-corrected chi connectivity index (χ0v) is 15.0. The van der Waals surface area contributed by atoms with Crippen LogP contribution in [0, 0.1) is 13.7 Å². The summed E-state index contributed by atoms with van der Waals surface area (Å²) in [5.41, 5.74) is 3.51. The van der Waals surface area contributed by atoms with Crippen LogP contribution in [0.25, 0.3) is 0 Å². The molecule has 22 heavy (non-hydrogen) atoms. The van der Waals surface area contributed by atoms with Gasteiger partial charge in [-0.1, -0.05) is 0 Å². The quantitative estimate of drug-likeness (QED) is 0.306. The van der Waals surface area contributed by atoms with E-state index in [0.29, 0.717) is 5.82 Å². The van der Waals surface area contributed by atoms with Crippen LogP contribution >= 0.6 is 38.5 Å². The highest BCUT2D eigenvalue weighted by molar-refractivity contribution is 14.1. The Balaban J connectivity index is 2.08. The number of benzene rings is 1. The van der Waals surface area contributed by atoms with Gasteiger partial charge in [-0.3, -0.25) is 15.5 Å². The lowest BCUT2D eigenvalue weighted by molar-refractivity contribution is -0.385. The first-order valence-electron chi connectivity index (χ1n) is 5.94. The van der Waals surface area contributed by atoms with Crippen molar-refractivity contribution in [1.29, 1.82) is 0 Å². The predicted octanol–water partition coefficient (Wildman–Crippen LogP) is 3.81. The summed E-state index contributed by atoms with van der Waals surface area (Å²) in [5, 5.41) is 14.6. The van der Waals surface area contributed by atoms with Gasteiger partial charge in [0, 0.05) is 6.07 Å². The summed E-state index contributed by atoms with van der Waals surface area (Å²) in [6, 6.07) is 6.63. The van der Waals surface area contributed by atoms with E-state index in [2.05, 4.69) is 54.0 Å². The third-order valence-electron chi connectivity index (χ3n) is 2.58. The first-order valence-corrected chi connectivity index (χ1v) is 7.81. The first kappa shape index (κ1) is 16.6. The third-order valence-corrected chi connectivity index (χ3v) is 3.97. The van der Waals surface area contributed by atoms with Gasteiger partial charge in [0.2, 0.25) is 0 Å². The highest BCUT2D eigenvalue weighted by Crippen LogP contribution is 2.31. The van der Waals surface area contributed by atoms with E-state index in [1.54, 1.807) is 13.3 Å². The van der Waals surface area contributed by atoms with Crippen molar-refractivity contribution in [1.82, 2.24) is 4.98 Å². The molecule has 0 saturated carbocycles. The van der Waals surface area contributed by atoms with Crippen molar-refractivity contribution in [2.24, 2.45) is 5.10 Å². The number of hydrogen-bond donors (Lipinski definition) is 1. The van der Waals surface area contributed by atoms with Gasteiger partial charge in [-0.2, -0.15) is 5.10 Å². The Morgan fingerprint density at radius 1 is 1.50 bits per heavy atom. The van der Waals surface area contributed by atoms with Crippen LogP contribution < -0.4 is 10.2 Å². The van der Waals surface area contributed by atoms with Gasteiger partial charge in [0.05, 0.1) is 26.3 Å². The second-order valence-electron chi connectivity index (χ2n) is 4.05. The monoisotopic (exact) mass is 476 g/mol. The average molecular weight is 477 g/mol. The molecule has 0 unspecified atom stereocenters. The fourth-order valence-corrected chi connectivity index (χ4v) is 3.46. The Labute approximate surface area is 148 Å². The molecule has 9 heteroatoms. The molecule has 2 rings (SSSR count). The zero-order valence-electron chi connectivity index (χ0n) is 11.3. The maximum Gasteiger partial charge on any atom is 0.287 e. The van der Waals surface area contributed by atoms with Crippen molar-refractivity contribution in [2.45, 2.75) is 0 Å². The van der Waals surface area contributed by atoms with Crippen molar-refractivity contribution < 1.29 is 9.66 Å². The Bertz CT molecular complexity index is 699. The molecule has 0 atom stereocenters. The van der Waals surface area contributed by atoms with Crippen LogP contribution in [0.3, 0.4) is 0 Å². The number of pyridine rings is 1. The fourth-order valence-electron chi connectivity index (χ4n) is 1.58. The number of ether oxygens (including phenoxy) is 1. The maximum atomic E-state index is 10.5. The smallest absolute Gasteiger partial charge is 0.287 e. The molecule has 7 nitrogen and oxygen atoms in total. The van der Waals surface area contributed by atoms with E-state index < -0.39 is 4.92 Å². The number of halogens is 2. The van der Waals surface area contributed by atoms with Gasteiger partial charge in [-0.05, 0) is 62.3 Å². The Morgan fingerprint density at radius 3 is 2.82 bits per heavy atom. The molecule has 0 amide bonds. The van der Waals surface area contributed by atoms with E-state index in [9.17, 15) is 10.1 Å². The molecule has 0 aliphatic rings. The van der Waals surface area contributed by atoms with Crippen LogP contribution in [0.5, 0.6) is 5.75 Å². The second-order valence-corrected chi connectivity index (χ2v) is 6.06. The summed E-state index contributed by atoms with van der Waals surface area (Å²) in [7, 11) is 1.61. The molecule has 1 aromatic carbocycles. The molecular formula is C13H10BrIN4O3. The number of hydrogen-bond acceptors (Lipinski definition) is 6. The van der Waals surface area contributed by atoms with E-state index >= 15 is 0 Å². The van der Waals surface area contributed by atoms with Gasteiger partial charge in [-0.15, -0.1) is 0 Å². The van der Waals surface area contributed by atoms with Crippen LogP contribution in [0.2, 0.25) is 0 Å². The van der Waals surface area contributed by atoms with Crippen molar-refractivity contribution in [2.75, 3.05) is 12.5 Å². The summed E-state index contributed by atoms with van der Waals surface area (Å²) in [5.74, 6) is 1.19. The number of aromatic nitrogens is 1. The summed E-state index contributed by atoms with van der Waals surface area (Å²) < 4.78 is 7.03. The van der Waals surface area contributed by atoms with Crippen LogP contribution in [-0.2, 0) is 0 Å². The summed E-state index contributed by atoms with van der Waals surface area (Å²) in [6.07, 6.45) is 2.79. The summed E-state index contributed by atoms with van der Waals surface area (Å²) >= 11 is 5.60. The van der Waals surface area contributed by atoms with Gasteiger partial charge in [0.25, 0.3) is 5.69 Å². The van der Waals surface area contributed by atoms with E-state index in [0.717, 1.165) is 19.4 Å². The topological polar surface area (TPSA) is 89.6 Å². The molecule has 0 radical (unpaired) electrons. The summed E-state index contributed by atoms with van der Waals surface area (Å²) in [6.45, 7) is 0. The van der Waals surface area contributed by atoms with Gasteiger partial charge in [0.15, 0.2) is 0 Å². The molecular weight excluding hydrogens is 467 g/mol. The summed E-state index contributed by atoms with van der Waals surface area (Å²) in [4.78, 5) is 13.9. The maximum absolute atomic E-state index is 10.5. The molecule has 0 fully saturated rings. The Hall–Kier alpha value is -1.75. The predicted molar refractivity (Wildman–Crippen MR) is 95.5 cm³/mol. The molecule has 114 valence electrons. The number of anilines is 1. The lowest BCUT2D eigenvalue weighted by Crippen LogP contribution is -1.96. The molecule has 0 bridgehead atoms. The molecule has 0 saturated heterocycles. The molecule has 0 aliphatic carbocycles. The minimum absolute atomic E-state index is 0.0665. The lowest BCUT2D eigenvalue weighted by Gasteiger charge is -2.06. The first-order chi connectivity index (χ1) is 10.5. The van der Waals surface area contributed by atoms with E-state index in [1.165, 1.54) is 18.3 Å². The molecule has 1 aromatic heterocycles. The zero-order chi connectivity index (χ0) is 16.1. The largest absolute Gasteiger partial charge is 0.494 e. The highest BCUT2D eigenvalue weighted by atomic mass is 127. The number of nitro groups is 1. The van der Waals surface area contributed by atoms with Gasteiger partial charge < -0.3 is 4.74 Å².